The molecule has 2 unspecified atom stereocenters. The first-order valence-electron chi connectivity index (χ1n) is 7.31. The lowest BCUT2D eigenvalue weighted by atomic mass is 10.1. The molecule has 4 nitrogen and oxygen atoms in total. The number of amides is 1. The van der Waals surface area contributed by atoms with Gasteiger partial charge in [-0.1, -0.05) is 19.1 Å². The molecule has 20 heavy (non-hydrogen) atoms. The third-order valence-electron chi connectivity index (χ3n) is 3.61. The normalized spacial score (nSPS) is 19.6. The fourth-order valence-corrected chi connectivity index (χ4v) is 2.36. The van der Waals surface area contributed by atoms with E-state index in [0.717, 1.165) is 31.6 Å². The monoisotopic (exact) mass is 277 g/mol. The molecule has 0 radical (unpaired) electrons. The summed E-state index contributed by atoms with van der Waals surface area (Å²) in [5.74, 6) is 0.620. The molecule has 1 aromatic rings. The van der Waals surface area contributed by atoms with Gasteiger partial charge in [-0.05, 0) is 43.9 Å². The number of nitrogens with one attached hydrogen (secondary N) is 1. The van der Waals surface area contributed by atoms with Crippen LogP contribution in [-0.2, 0) is 16.0 Å². The number of aryl methyl sites for hydroxylation is 1. The highest BCUT2D eigenvalue weighted by atomic mass is 16.5. The summed E-state index contributed by atoms with van der Waals surface area (Å²) in [5.41, 5.74) is 1.26. The lowest BCUT2D eigenvalue weighted by Crippen LogP contribution is -2.42. The zero-order valence-electron chi connectivity index (χ0n) is 12.2. The van der Waals surface area contributed by atoms with E-state index in [9.17, 15) is 4.79 Å². The standard InChI is InChI=1S/C16H23NO3/c1-3-13-6-8-14(9-7-13)20-11-16(18)17-12(2)15-5-4-10-19-15/h6-9,12,15H,3-5,10-11H2,1-2H3,(H,17,18). The molecule has 2 atom stereocenters. The maximum atomic E-state index is 11.8. The summed E-state index contributed by atoms with van der Waals surface area (Å²) in [4.78, 5) is 11.8. The van der Waals surface area contributed by atoms with Crippen molar-refractivity contribution < 1.29 is 14.3 Å². The van der Waals surface area contributed by atoms with E-state index in [1.54, 1.807) is 0 Å². The fourth-order valence-electron chi connectivity index (χ4n) is 2.36. The van der Waals surface area contributed by atoms with Gasteiger partial charge in [-0.3, -0.25) is 4.79 Å². The molecule has 0 spiro atoms. The van der Waals surface area contributed by atoms with Crippen molar-refractivity contribution in [2.24, 2.45) is 0 Å². The minimum absolute atomic E-state index is 0.0380. The molecular formula is C16H23NO3. The summed E-state index contributed by atoms with van der Waals surface area (Å²) in [6, 6.07) is 7.87. The molecule has 0 bridgehead atoms. The zero-order valence-corrected chi connectivity index (χ0v) is 12.2. The molecule has 1 fully saturated rings. The predicted octanol–water partition coefficient (Wildman–Crippen LogP) is 2.31. The third-order valence-corrected chi connectivity index (χ3v) is 3.61. The summed E-state index contributed by atoms with van der Waals surface area (Å²) in [7, 11) is 0. The molecule has 1 saturated heterocycles. The molecule has 1 aromatic carbocycles. The zero-order chi connectivity index (χ0) is 14.4. The van der Waals surface area contributed by atoms with E-state index in [0.29, 0.717) is 0 Å². The minimum Gasteiger partial charge on any atom is -0.484 e. The van der Waals surface area contributed by atoms with E-state index < -0.39 is 0 Å². The lowest BCUT2D eigenvalue weighted by molar-refractivity contribution is -0.124. The lowest BCUT2D eigenvalue weighted by Gasteiger charge is -2.20. The predicted molar refractivity (Wildman–Crippen MR) is 77.9 cm³/mol. The topological polar surface area (TPSA) is 47.6 Å². The number of rotatable bonds is 6. The van der Waals surface area contributed by atoms with Crippen molar-refractivity contribution in [2.45, 2.75) is 45.3 Å². The first kappa shape index (κ1) is 14.9. The van der Waals surface area contributed by atoms with Crippen LogP contribution in [0.4, 0.5) is 0 Å². The Hall–Kier alpha value is -1.55. The molecule has 1 aliphatic rings. The molecule has 1 amide bonds. The van der Waals surface area contributed by atoms with Gasteiger partial charge in [0, 0.05) is 6.61 Å². The van der Waals surface area contributed by atoms with Crippen molar-refractivity contribution in [3.8, 4) is 5.75 Å². The van der Waals surface area contributed by atoms with Crippen LogP contribution in [0.3, 0.4) is 0 Å². The maximum Gasteiger partial charge on any atom is 0.258 e. The highest BCUT2D eigenvalue weighted by molar-refractivity contribution is 5.77. The quantitative estimate of drug-likeness (QED) is 0.868. The Morgan fingerprint density at radius 2 is 2.20 bits per heavy atom. The second-order valence-corrected chi connectivity index (χ2v) is 5.19. The molecule has 4 heteroatoms. The Balaban J connectivity index is 1.73. The smallest absolute Gasteiger partial charge is 0.258 e. The van der Waals surface area contributed by atoms with Crippen LogP contribution < -0.4 is 10.1 Å². The van der Waals surface area contributed by atoms with Crippen molar-refractivity contribution in [1.29, 1.82) is 0 Å². The second-order valence-electron chi connectivity index (χ2n) is 5.19. The summed E-state index contributed by atoms with van der Waals surface area (Å²) in [6.45, 7) is 4.92. The summed E-state index contributed by atoms with van der Waals surface area (Å²) in [5, 5.41) is 2.93. The molecular weight excluding hydrogens is 254 g/mol. The number of carbonyl (C=O) groups excluding carboxylic acids is 1. The molecule has 1 N–H and O–H groups in total. The van der Waals surface area contributed by atoms with Gasteiger partial charge in [-0.15, -0.1) is 0 Å². The number of carbonyl (C=O) groups is 1. The number of ether oxygens (including phenoxy) is 2. The van der Waals surface area contributed by atoms with Crippen LogP contribution >= 0.6 is 0 Å². The van der Waals surface area contributed by atoms with Gasteiger partial charge in [0.25, 0.3) is 5.91 Å². The molecule has 0 aliphatic carbocycles. The number of hydrogen-bond acceptors (Lipinski definition) is 3. The van der Waals surface area contributed by atoms with E-state index in [2.05, 4.69) is 12.2 Å². The van der Waals surface area contributed by atoms with E-state index in [-0.39, 0.29) is 24.7 Å². The van der Waals surface area contributed by atoms with E-state index >= 15 is 0 Å². The van der Waals surface area contributed by atoms with Gasteiger partial charge in [-0.25, -0.2) is 0 Å². The Kier molecular flexibility index (Phi) is 5.41. The van der Waals surface area contributed by atoms with Crippen LogP contribution in [-0.4, -0.2) is 31.3 Å². The summed E-state index contributed by atoms with van der Waals surface area (Å²) in [6.07, 6.45) is 3.23. The van der Waals surface area contributed by atoms with Crippen LogP contribution in [0.1, 0.15) is 32.3 Å². The van der Waals surface area contributed by atoms with Gasteiger partial charge in [0.2, 0.25) is 0 Å². The van der Waals surface area contributed by atoms with Gasteiger partial charge in [0.15, 0.2) is 6.61 Å². The van der Waals surface area contributed by atoms with E-state index in [1.807, 2.05) is 31.2 Å². The van der Waals surface area contributed by atoms with Crippen LogP contribution in [0.25, 0.3) is 0 Å². The maximum absolute atomic E-state index is 11.8. The van der Waals surface area contributed by atoms with Crippen LogP contribution in [0.2, 0.25) is 0 Å². The van der Waals surface area contributed by atoms with E-state index in [1.165, 1.54) is 5.56 Å². The molecule has 0 saturated carbocycles. The highest BCUT2D eigenvalue weighted by Gasteiger charge is 2.23. The Morgan fingerprint density at radius 3 is 2.80 bits per heavy atom. The number of hydrogen-bond donors (Lipinski definition) is 1. The molecule has 110 valence electrons. The fraction of sp³-hybridized carbons (Fsp3) is 0.562. The van der Waals surface area contributed by atoms with Crippen molar-refractivity contribution >= 4 is 5.91 Å². The van der Waals surface area contributed by atoms with E-state index in [4.69, 9.17) is 9.47 Å². The van der Waals surface area contributed by atoms with Crippen molar-refractivity contribution in [3.05, 3.63) is 29.8 Å². The van der Waals surface area contributed by atoms with Gasteiger partial charge in [0.05, 0.1) is 12.1 Å². The Morgan fingerprint density at radius 1 is 1.45 bits per heavy atom. The Labute approximate surface area is 120 Å². The highest BCUT2D eigenvalue weighted by Crippen LogP contribution is 2.15. The first-order chi connectivity index (χ1) is 9.69. The SMILES string of the molecule is CCc1ccc(OCC(=O)NC(C)C2CCCO2)cc1. The largest absolute Gasteiger partial charge is 0.484 e. The van der Waals surface area contributed by atoms with Crippen LogP contribution in [0.15, 0.2) is 24.3 Å². The molecule has 1 aliphatic heterocycles. The first-order valence-corrected chi connectivity index (χ1v) is 7.31. The molecule has 1 heterocycles. The number of benzene rings is 1. The van der Waals surface area contributed by atoms with Crippen LogP contribution in [0, 0.1) is 0 Å². The summed E-state index contributed by atoms with van der Waals surface area (Å²) < 4.78 is 11.0. The Bertz CT molecular complexity index is 424. The minimum atomic E-state index is -0.104. The van der Waals surface area contributed by atoms with Gasteiger partial charge in [0.1, 0.15) is 5.75 Å². The summed E-state index contributed by atoms with van der Waals surface area (Å²) >= 11 is 0. The van der Waals surface area contributed by atoms with Gasteiger partial charge >= 0.3 is 0 Å². The third kappa shape index (κ3) is 4.23. The van der Waals surface area contributed by atoms with Crippen molar-refractivity contribution in [1.82, 2.24) is 5.32 Å². The average molecular weight is 277 g/mol. The van der Waals surface area contributed by atoms with Crippen molar-refractivity contribution in [3.63, 3.8) is 0 Å². The van der Waals surface area contributed by atoms with Gasteiger partial charge in [-0.2, -0.15) is 0 Å². The molecule has 0 aromatic heterocycles. The average Bonchev–Trinajstić information content (AvgIpc) is 3.00. The van der Waals surface area contributed by atoms with Crippen LogP contribution in [0.5, 0.6) is 5.75 Å². The second kappa shape index (κ2) is 7.29. The van der Waals surface area contributed by atoms with Crippen molar-refractivity contribution in [2.75, 3.05) is 13.2 Å². The van der Waals surface area contributed by atoms with Gasteiger partial charge < -0.3 is 14.8 Å². The molecule has 2 rings (SSSR count).